The number of hydrogen-bond donors (Lipinski definition) is 6. The standard InChI is InChI=1S/C32H34N4O8/c1-18(29(40)33-16-28(38)39)34-30(41)19(2)35-31(42)27(15-20-11-13-21(37)14-12-20)36-32(43)44-17-26-24-9-5-3-7-22(24)23-8-4-6-10-25(23)26/h3-14,18-19,26-27,37H,15-17H2,1-2H3,(H,33,40)(H,34,41)(H,35,42)(H,36,43)(H,38,39)/t18-,19-,27-/m0/s1. The van der Waals surface area contributed by atoms with Gasteiger partial charge in [0.25, 0.3) is 0 Å². The van der Waals surface area contributed by atoms with Crippen LogP contribution < -0.4 is 21.3 Å². The highest BCUT2D eigenvalue weighted by atomic mass is 16.5. The van der Waals surface area contributed by atoms with Crippen molar-refractivity contribution in [2.75, 3.05) is 13.2 Å². The van der Waals surface area contributed by atoms with Crippen LogP contribution in [0.5, 0.6) is 5.75 Å². The fraction of sp³-hybridized carbons (Fsp3) is 0.281. The maximum atomic E-state index is 13.3. The van der Waals surface area contributed by atoms with Crippen LogP contribution in [0.1, 0.15) is 36.5 Å². The van der Waals surface area contributed by atoms with Gasteiger partial charge < -0.3 is 36.2 Å². The minimum atomic E-state index is -1.24. The second-order valence-electron chi connectivity index (χ2n) is 10.5. The molecule has 1 aliphatic carbocycles. The molecule has 0 aliphatic heterocycles. The molecule has 0 spiro atoms. The molecule has 4 amide bonds. The lowest BCUT2D eigenvalue weighted by Crippen LogP contribution is -2.56. The molecule has 0 heterocycles. The van der Waals surface area contributed by atoms with E-state index < -0.39 is 54.5 Å². The topological polar surface area (TPSA) is 183 Å². The average Bonchev–Trinajstić information content (AvgIpc) is 3.32. The number of nitrogens with one attached hydrogen (secondary N) is 4. The zero-order chi connectivity index (χ0) is 31.8. The number of phenols is 1. The van der Waals surface area contributed by atoms with E-state index in [1.54, 1.807) is 12.1 Å². The molecule has 12 heteroatoms. The number of hydrogen-bond acceptors (Lipinski definition) is 7. The number of aliphatic carboxylic acids is 1. The van der Waals surface area contributed by atoms with E-state index in [1.165, 1.54) is 26.0 Å². The van der Waals surface area contributed by atoms with Crippen LogP contribution in [0.15, 0.2) is 72.8 Å². The predicted octanol–water partition coefficient (Wildman–Crippen LogP) is 2.05. The highest BCUT2D eigenvalue weighted by Crippen LogP contribution is 2.44. The van der Waals surface area contributed by atoms with Gasteiger partial charge in [0.15, 0.2) is 0 Å². The van der Waals surface area contributed by atoms with Crippen molar-refractivity contribution in [3.8, 4) is 16.9 Å². The molecule has 230 valence electrons. The molecule has 0 radical (unpaired) electrons. The average molecular weight is 603 g/mol. The van der Waals surface area contributed by atoms with Crippen molar-refractivity contribution >= 4 is 29.8 Å². The molecule has 0 saturated carbocycles. The first-order chi connectivity index (χ1) is 21.0. The summed E-state index contributed by atoms with van der Waals surface area (Å²) in [4.78, 5) is 61.7. The lowest BCUT2D eigenvalue weighted by atomic mass is 9.98. The number of carboxylic acid groups (broad SMARTS) is 1. The van der Waals surface area contributed by atoms with Crippen LogP contribution >= 0.6 is 0 Å². The molecule has 0 aromatic heterocycles. The van der Waals surface area contributed by atoms with Crippen LogP contribution in [-0.2, 0) is 30.3 Å². The van der Waals surface area contributed by atoms with E-state index in [9.17, 15) is 29.1 Å². The summed E-state index contributed by atoms with van der Waals surface area (Å²) in [6, 6.07) is 18.6. The molecule has 6 N–H and O–H groups in total. The highest BCUT2D eigenvalue weighted by molar-refractivity contribution is 5.94. The molecule has 3 atom stereocenters. The molecule has 1 aliphatic rings. The number of phenolic OH excluding ortho intramolecular Hbond substituents is 1. The minimum absolute atomic E-state index is 0.0264. The Morgan fingerprint density at radius 3 is 1.89 bits per heavy atom. The lowest BCUT2D eigenvalue weighted by Gasteiger charge is -2.23. The summed E-state index contributed by atoms with van der Waals surface area (Å²) in [6.45, 7) is 2.20. The van der Waals surface area contributed by atoms with Gasteiger partial charge in [-0.2, -0.15) is 0 Å². The number of fused-ring (bicyclic) bond motifs is 3. The number of rotatable bonds is 12. The number of benzene rings is 3. The quantitative estimate of drug-likeness (QED) is 0.182. The maximum Gasteiger partial charge on any atom is 0.407 e. The molecule has 3 aromatic carbocycles. The Hall–Kier alpha value is -5.39. The molecule has 0 saturated heterocycles. The Morgan fingerprint density at radius 2 is 1.30 bits per heavy atom. The first-order valence-electron chi connectivity index (χ1n) is 14.0. The summed E-state index contributed by atoms with van der Waals surface area (Å²) in [7, 11) is 0. The third-order valence-electron chi connectivity index (χ3n) is 7.25. The molecule has 0 fully saturated rings. The predicted molar refractivity (Wildman–Crippen MR) is 160 cm³/mol. The Labute approximate surface area is 253 Å². The van der Waals surface area contributed by atoms with E-state index in [-0.39, 0.29) is 24.7 Å². The number of carbonyl (C=O) groups excluding carboxylic acids is 4. The SMILES string of the molecule is C[C@H](NC(=O)[C@H](C)NC(=O)[C@H](Cc1ccc(O)cc1)NC(=O)OCC1c2ccccc2-c2ccccc21)C(=O)NCC(=O)O. The normalized spacial score (nSPS) is 13.8. The summed E-state index contributed by atoms with van der Waals surface area (Å²) in [5.41, 5.74) is 4.84. The Bertz CT molecular complexity index is 1500. The van der Waals surface area contributed by atoms with Gasteiger partial charge in [0.05, 0.1) is 0 Å². The van der Waals surface area contributed by atoms with Crippen molar-refractivity contribution in [3.05, 3.63) is 89.5 Å². The van der Waals surface area contributed by atoms with E-state index in [0.29, 0.717) is 5.56 Å². The fourth-order valence-electron chi connectivity index (χ4n) is 4.96. The first kappa shape index (κ1) is 31.5. The van der Waals surface area contributed by atoms with Crippen LogP contribution in [0.3, 0.4) is 0 Å². The number of ether oxygens (including phenoxy) is 1. The van der Waals surface area contributed by atoms with Crippen LogP contribution in [0.25, 0.3) is 11.1 Å². The van der Waals surface area contributed by atoms with E-state index in [0.717, 1.165) is 22.3 Å². The van der Waals surface area contributed by atoms with Gasteiger partial charge in [-0.1, -0.05) is 60.7 Å². The van der Waals surface area contributed by atoms with Gasteiger partial charge in [-0.05, 0) is 53.8 Å². The molecule has 3 aromatic rings. The van der Waals surface area contributed by atoms with Gasteiger partial charge >= 0.3 is 12.1 Å². The van der Waals surface area contributed by atoms with Crippen LogP contribution in [0.4, 0.5) is 4.79 Å². The minimum Gasteiger partial charge on any atom is -0.508 e. The van der Waals surface area contributed by atoms with Gasteiger partial charge in [0, 0.05) is 12.3 Å². The highest BCUT2D eigenvalue weighted by Gasteiger charge is 2.31. The smallest absolute Gasteiger partial charge is 0.407 e. The van der Waals surface area contributed by atoms with Crippen molar-refractivity contribution in [3.63, 3.8) is 0 Å². The molecule has 4 rings (SSSR count). The summed E-state index contributed by atoms with van der Waals surface area (Å²) in [6.07, 6.45) is -0.801. The van der Waals surface area contributed by atoms with E-state index in [1.807, 2.05) is 48.5 Å². The number of alkyl carbamates (subject to hydrolysis) is 1. The summed E-state index contributed by atoms with van der Waals surface area (Å²) >= 11 is 0. The Kier molecular flexibility index (Phi) is 10.2. The molecular weight excluding hydrogens is 568 g/mol. The largest absolute Gasteiger partial charge is 0.508 e. The van der Waals surface area contributed by atoms with Crippen molar-refractivity contribution in [1.82, 2.24) is 21.3 Å². The zero-order valence-electron chi connectivity index (χ0n) is 24.2. The van der Waals surface area contributed by atoms with Crippen molar-refractivity contribution in [2.24, 2.45) is 0 Å². The van der Waals surface area contributed by atoms with Gasteiger partial charge in [-0.25, -0.2) is 4.79 Å². The number of carbonyl (C=O) groups is 5. The maximum absolute atomic E-state index is 13.3. The van der Waals surface area contributed by atoms with Crippen molar-refractivity contribution in [1.29, 1.82) is 0 Å². The molecule has 0 unspecified atom stereocenters. The number of carboxylic acids is 1. The van der Waals surface area contributed by atoms with E-state index >= 15 is 0 Å². The molecular formula is C32H34N4O8. The zero-order valence-corrected chi connectivity index (χ0v) is 24.2. The summed E-state index contributed by atoms with van der Waals surface area (Å²) in [5.74, 6) is -3.47. The van der Waals surface area contributed by atoms with Crippen LogP contribution in [-0.4, -0.2) is 71.3 Å². The second kappa shape index (κ2) is 14.2. The van der Waals surface area contributed by atoms with Gasteiger partial charge in [-0.3, -0.25) is 19.2 Å². The molecule has 12 nitrogen and oxygen atoms in total. The van der Waals surface area contributed by atoms with Crippen LogP contribution in [0, 0.1) is 0 Å². The molecule has 44 heavy (non-hydrogen) atoms. The second-order valence-corrected chi connectivity index (χ2v) is 10.5. The lowest BCUT2D eigenvalue weighted by molar-refractivity contribution is -0.138. The van der Waals surface area contributed by atoms with Crippen LogP contribution in [0.2, 0.25) is 0 Å². The van der Waals surface area contributed by atoms with Crippen molar-refractivity contribution < 1.29 is 38.9 Å². The summed E-state index contributed by atoms with van der Waals surface area (Å²) < 4.78 is 5.61. The van der Waals surface area contributed by atoms with Gasteiger partial charge in [0.2, 0.25) is 17.7 Å². The molecule has 0 bridgehead atoms. The Balaban J connectivity index is 1.40. The monoisotopic (exact) mass is 602 g/mol. The van der Waals surface area contributed by atoms with E-state index in [4.69, 9.17) is 9.84 Å². The number of amides is 4. The fourth-order valence-corrected chi connectivity index (χ4v) is 4.96. The first-order valence-corrected chi connectivity index (χ1v) is 14.0. The van der Waals surface area contributed by atoms with Gasteiger partial charge in [0.1, 0.15) is 37.0 Å². The third kappa shape index (κ3) is 7.91. The summed E-state index contributed by atoms with van der Waals surface area (Å²) in [5, 5.41) is 28.1. The van der Waals surface area contributed by atoms with Crippen molar-refractivity contribution in [2.45, 2.75) is 44.3 Å². The third-order valence-corrected chi connectivity index (χ3v) is 7.25. The Morgan fingerprint density at radius 1 is 0.750 bits per heavy atom. The van der Waals surface area contributed by atoms with E-state index in [2.05, 4.69) is 21.3 Å². The number of aromatic hydroxyl groups is 1. The van der Waals surface area contributed by atoms with Gasteiger partial charge in [-0.15, -0.1) is 0 Å².